The fourth-order valence-corrected chi connectivity index (χ4v) is 1.70. The minimum atomic E-state index is -0.358. The Kier molecular flexibility index (Phi) is 4.93. The third kappa shape index (κ3) is 3.70. The molecule has 2 unspecified atom stereocenters. The molecule has 0 saturated carbocycles. The first-order valence-electron chi connectivity index (χ1n) is 5.25. The van der Waals surface area contributed by atoms with Crippen LogP contribution in [-0.2, 0) is 9.53 Å². The molecule has 0 spiro atoms. The van der Waals surface area contributed by atoms with E-state index in [1.54, 1.807) is 19.1 Å². The molecule has 0 aromatic heterocycles. The van der Waals surface area contributed by atoms with Crippen LogP contribution in [0.15, 0.2) is 22.7 Å². The highest BCUT2D eigenvalue weighted by molar-refractivity contribution is 9.10. The number of hydrogen-bond donors (Lipinski definition) is 1. The van der Waals surface area contributed by atoms with Crippen LogP contribution >= 0.6 is 15.9 Å². The predicted octanol–water partition coefficient (Wildman–Crippen LogP) is 3.20. The molecule has 0 saturated heterocycles. The fourth-order valence-electron chi connectivity index (χ4n) is 1.37. The van der Waals surface area contributed by atoms with Gasteiger partial charge in [0, 0.05) is 10.5 Å². The van der Waals surface area contributed by atoms with E-state index in [2.05, 4.69) is 26.0 Å². The predicted molar refractivity (Wildman–Crippen MR) is 68.4 cm³/mol. The van der Waals surface area contributed by atoms with E-state index in [0.717, 1.165) is 0 Å². The summed E-state index contributed by atoms with van der Waals surface area (Å²) in [6, 6.07) is 4.52. The van der Waals surface area contributed by atoms with Gasteiger partial charge in [0.05, 0.1) is 18.7 Å². The number of esters is 1. The first-order chi connectivity index (χ1) is 7.95. The molecular weight excluding hydrogens is 289 g/mol. The van der Waals surface area contributed by atoms with Crippen molar-refractivity contribution in [3.63, 3.8) is 0 Å². The Bertz CT molecular complexity index is 411. The molecule has 0 radical (unpaired) electrons. The Hall–Kier alpha value is -1.10. The number of ether oxygens (including phenoxy) is 1. The van der Waals surface area contributed by atoms with Crippen molar-refractivity contribution in [1.29, 1.82) is 0 Å². The molecule has 0 aliphatic heterocycles. The van der Waals surface area contributed by atoms with Gasteiger partial charge in [0.15, 0.2) is 0 Å². The van der Waals surface area contributed by atoms with Gasteiger partial charge >= 0.3 is 5.97 Å². The molecule has 1 aromatic rings. The Balaban J connectivity index is 2.74. The van der Waals surface area contributed by atoms with E-state index in [0.29, 0.717) is 10.2 Å². The zero-order valence-corrected chi connectivity index (χ0v) is 11.5. The molecule has 1 N–H and O–H groups in total. The molecule has 17 heavy (non-hydrogen) atoms. The SMILES string of the molecule is COC(=O)C(C)C(C)Nc1ccc(Br)cc1F. The van der Waals surface area contributed by atoms with Crippen molar-refractivity contribution in [3.05, 3.63) is 28.5 Å². The summed E-state index contributed by atoms with van der Waals surface area (Å²) in [5, 5.41) is 2.96. The van der Waals surface area contributed by atoms with Gasteiger partial charge < -0.3 is 10.1 Å². The van der Waals surface area contributed by atoms with Crippen LogP contribution in [0.5, 0.6) is 0 Å². The minimum absolute atomic E-state index is 0.210. The molecule has 1 rings (SSSR count). The van der Waals surface area contributed by atoms with Crippen LogP contribution in [0.25, 0.3) is 0 Å². The summed E-state index contributed by atoms with van der Waals surface area (Å²) in [5.41, 5.74) is 0.372. The number of carbonyl (C=O) groups is 1. The highest BCUT2D eigenvalue weighted by atomic mass is 79.9. The van der Waals surface area contributed by atoms with Crippen molar-refractivity contribution >= 4 is 27.6 Å². The molecule has 0 aliphatic carbocycles. The summed E-state index contributed by atoms with van der Waals surface area (Å²) in [4.78, 5) is 11.3. The van der Waals surface area contributed by atoms with Crippen LogP contribution in [0.4, 0.5) is 10.1 Å². The van der Waals surface area contributed by atoms with Gasteiger partial charge in [-0.2, -0.15) is 0 Å². The molecule has 5 heteroatoms. The summed E-state index contributed by atoms with van der Waals surface area (Å²) < 4.78 is 18.9. The third-order valence-electron chi connectivity index (χ3n) is 2.64. The van der Waals surface area contributed by atoms with Gasteiger partial charge in [-0.25, -0.2) is 4.39 Å². The van der Waals surface area contributed by atoms with E-state index < -0.39 is 0 Å². The van der Waals surface area contributed by atoms with Crippen LogP contribution in [-0.4, -0.2) is 19.1 Å². The number of carbonyl (C=O) groups excluding carboxylic acids is 1. The molecule has 0 bridgehead atoms. The van der Waals surface area contributed by atoms with Crippen molar-refractivity contribution in [3.8, 4) is 0 Å². The third-order valence-corrected chi connectivity index (χ3v) is 3.13. The van der Waals surface area contributed by atoms with Crippen LogP contribution in [0.2, 0.25) is 0 Å². The number of halogens is 2. The number of rotatable bonds is 4. The van der Waals surface area contributed by atoms with Crippen molar-refractivity contribution in [2.45, 2.75) is 19.9 Å². The second kappa shape index (κ2) is 6.00. The summed E-state index contributed by atoms with van der Waals surface area (Å²) >= 11 is 3.18. The highest BCUT2D eigenvalue weighted by Gasteiger charge is 2.21. The van der Waals surface area contributed by atoms with Crippen LogP contribution in [0.1, 0.15) is 13.8 Å². The summed E-state index contributed by atoms with van der Waals surface area (Å²) in [6.45, 7) is 3.54. The van der Waals surface area contributed by atoms with Crippen molar-refractivity contribution in [1.82, 2.24) is 0 Å². The highest BCUT2D eigenvalue weighted by Crippen LogP contribution is 2.21. The zero-order chi connectivity index (χ0) is 13.0. The van der Waals surface area contributed by atoms with E-state index in [4.69, 9.17) is 0 Å². The molecule has 0 heterocycles. The molecule has 0 fully saturated rings. The van der Waals surface area contributed by atoms with E-state index in [-0.39, 0.29) is 23.7 Å². The number of nitrogens with one attached hydrogen (secondary N) is 1. The maximum Gasteiger partial charge on any atom is 0.310 e. The van der Waals surface area contributed by atoms with Crippen molar-refractivity contribution in [2.75, 3.05) is 12.4 Å². The van der Waals surface area contributed by atoms with Crippen molar-refractivity contribution in [2.24, 2.45) is 5.92 Å². The van der Waals surface area contributed by atoms with E-state index in [9.17, 15) is 9.18 Å². The number of benzene rings is 1. The van der Waals surface area contributed by atoms with Crippen molar-refractivity contribution < 1.29 is 13.9 Å². The lowest BCUT2D eigenvalue weighted by molar-refractivity contribution is -0.145. The molecule has 0 amide bonds. The van der Waals surface area contributed by atoms with Crippen LogP contribution in [0, 0.1) is 11.7 Å². The average molecular weight is 304 g/mol. The minimum Gasteiger partial charge on any atom is -0.469 e. The lowest BCUT2D eigenvalue weighted by atomic mass is 10.0. The summed E-state index contributed by atoms with van der Waals surface area (Å²) in [7, 11) is 1.34. The Morgan fingerprint density at radius 3 is 2.65 bits per heavy atom. The van der Waals surface area contributed by atoms with Gasteiger partial charge in [-0.15, -0.1) is 0 Å². The molecule has 1 aromatic carbocycles. The van der Waals surface area contributed by atoms with E-state index in [1.165, 1.54) is 13.2 Å². The quantitative estimate of drug-likeness (QED) is 0.868. The van der Waals surface area contributed by atoms with Gasteiger partial charge in [0.1, 0.15) is 5.82 Å². The second-order valence-corrected chi connectivity index (χ2v) is 4.78. The lowest BCUT2D eigenvalue weighted by Gasteiger charge is -2.20. The largest absolute Gasteiger partial charge is 0.469 e. The number of hydrogen-bond acceptors (Lipinski definition) is 3. The normalized spacial score (nSPS) is 13.9. The molecule has 3 nitrogen and oxygen atoms in total. The topological polar surface area (TPSA) is 38.3 Å². The van der Waals surface area contributed by atoms with E-state index >= 15 is 0 Å². The number of anilines is 1. The van der Waals surface area contributed by atoms with Gasteiger partial charge in [0.25, 0.3) is 0 Å². The van der Waals surface area contributed by atoms with Gasteiger partial charge in [-0.3, -0.25) is 4.79 Å². The summed E-state index contributed by atoms with van der Waals surface area (Å²) in [6.07, 6.45) is 0. The van der Waals surface area contributed by atoms with E-state index in [1.807, 2.05) is 6.92 Å². The monoisotopic (exact) mass is 303 g/mol. The summed E-state index contributed by atoms with van der Waals surface area (Å²) in [5.74, 6) is -1.02. The van der Waals surface area contributed by atoms with Gasteiger partial charge in [0.2, 0.25) is 0 Å². The molecule has 0 aliphatic rings. The zero-order valence-electron chi connectivity index (χ0n) is 9.96. The maximum absolute atomic E-state index is 13.5. The Morgan fingerprint density at radius 1 is 1.47 bits per heavy atom. The second-order valence-electron chi connectivity index (χ2n) is 3.87. The van der Waals surface area contributed by atoms with Gasteiger partial charge in [-0.05, 0) is 32.0 Å². The lowest BCUT2D eigenvalue weighted by Crippen LogP contribution is -2.31. The Morgan fingerprint density at radius 2 is 2.12 bits per heavy atom. The number of methoxy groups -OCH3 is 1. The molecule has 94 valence electrons. The standard InChI is InChI=1S/C12H15BrFNO2/c1-7(12(16)17-3)8(2)15-11-5-4-9(13)6-10(11)14/h4-8,15H,1-3H3. The first kappa shape index (κ1) is 14.0. The van der Waals surface area contributed by atoms with Gasteiger partial charge in [-0.1, -0.05) is 15.9 Å². The molecular formula is C12H15BrFNO2. The molecule has 2 atom stereocenters. The first-order valence-corrected chi connectivity index (χ1v) is 6.04. The maximum atomic E-state index is 13.5. The average Bonchev–Trinajstić information content (AvgIpc) is 2.30. The van der Waals surface area contributed by atoms with Crippen LogP contribution < -0.4 is 5.32 Å². The van der Waals surface area contributed by atoms with Crippen LogP contribution in [0.3, 0.4) is 0 Å². The smallest absolute Gasteiger partial charge is 0.310 e. The Labute approximate surface area is 108 Å². The fraction of sp³-hybridized carbons (Fsp3) is 0.417.